The lowest BCUT2D eigenvalue weighted by Crippen LogP contribution is -2.25. The molecule has 0 aliphatic heterocycles. The third kappa shape index (κ3) is 6.79. The predicted molar refractivity (Wildman–Crippen MR) is 36.9 cm³/mol. The second-order valence-electron chi connectivity index (χ2n) is 1.93. The van der Waals surface area contributed by atoms with Crippen molar-refractivity contribution in [1.82, 2.24) is 5.32 Å². The summed E-state index contributed by atoms with van der Waals surface area (Å²) in [5.41, 5.74) is 0. The van der Waals surface area contributed by atoms with Crippen molar-refractivity contribution in [3.8, 4) is 0 Å². The molecular weight excluding hydrogens is 150 g/mol. The Morgan fingerprint density at radius 2 is 2.09 bits per heavy atom. The average molecular weight is 161 g/mol. The Kier molecular flexibility index (Phi) is 5.10. The highest BCUT2D eigenvalue weighted by Crippen LogP contribution is 1.87. The zero-order chi connectivity index (χ0) is 8.69. The Morgan fingerprint density at radius 1 is 1.45 bits per heavy atom. The van der Waals surface area contributed by atoms with Gasteiger partial charge in [0.2, 0.25) is 5.91 Å². The second-order valence-corrected chi connectivity index (χ2v) is 1.93. The standard InChI is InChI=1S/C6H11NO4/c1-11-4-7-5(8)2-3-6(9)10/h2-4H2,1H3,(H,7,8)(H,9,10). The van der Waals surface area contributed by atoms with E-state index < -0.39 is 5.97 Å². The van der Waals surface area contributed by atoms with E-state index in [1.807, 2.05) is 0 Å². The monoisotopic (exact) mass is 161 g/mol. The number of aliphatic carboxylic acids is 1. The third-order valence-electron chi connectivity index (χ3n) is 0.980. The summed E-state index contributed by atoms with van der Waals surface area (Å²) >= 11 is 0. The minimum atomic E-state index is -0.974. The van der Waals surface area contributed by atoms with Gasteiger partial charge in [-0.15, -0.1) is 0 Å². The number of carboxylic acids is 1. The van der Waals surface area contributed by atoms with E-state index in [9.17, 15) is 9.59 Å². The van der Waals surface area contributed by atoms with Crippen molar-refractivity contribution in [1.29, 1.82) is 0 Å². The van der Waals surface area contributed by atoms with Gasteiger partial charge in [0.25, 0.3) is 0 Å². The van der Waals surface area contributed by atoms with Crippen molar-refractivity contribution < 1.29 is 19.4 Å². The van der Waals surface area contributed by atoms with E-state index >= 15 is 0 Å². The summed E-state index contributed by atoms with van der Waals surface area (Å²) in [7, 11) is 1.44. The van der Waals surface area contributed by atoms with Crippen LogP contribution in [0.4, 0.5) is 0 Å². The number of methoxy groups -OCH3 is 1. The van der Waals surface area contributed by atoms with Crippen molar-refractivity contribution in [2.75, 3.05) is 13.8 Å². The molecule has 0 unspecified atom stereocenters. The Balaban J connectivity index is 3.30. The Morgan fingerprint density at radius 3 is 2.55 bits per heavy atom. The molecule has 0 aromatic heterocycles. The van der Waals surface area contributed by atoms with Crippen LogP contribution in [0.2, 0.25) is 0 Å². The molecule has 0 saturated carbocycles. The van der Waals surface area contributed by atoms with E-state index in [-0.39, 0.29) is 25.5 Å². The van der Waals surface area contributed by atoms with Crippen molar-refractivity contribution in [2.45, 2.75) is 12.8 Å². The zero-order valence-electron chi connectivity index (χ0n) is 6.29. The van der Waals surface area contributed by atoms with Gasteiger partial charge in [-0.25, -0.2) is 0 Å². The lowest BCUT2D eigenvalue weighted by molar-refractivity contribution is -0.139. The van der Waals surface area contributed by atoms with Crippen LogP contribution < -0.4 is 5.32 Å². The molecule has 5 heteroatoms. The third-order valence-corrected chi connectivity index (χ3v) is 0.980. The van der Waals surface area contributed by atoms with Crippen LogP contribution in [0.1, 0.15) is 12.8 Å². The Hall–Kier alpha value is -1.10. The fourth-order valence-electron chi connectivity index (χ4n) is 0.462. The molecule has 0 aliphatic carbocycles. The van der Waals surface area contributed by atoms with Crippen molar-refractivity contribution in [3.63, 3.8) is 0 Å². The van der Waals surface area contributed by atoms with Gasteiger partial charge in [0.1, 0.15) is 6.73 Å². The number of carbonyl (C=O) groups is 2. The average Bonchev–Trinajstić information content (AvgIpc) is 1.97. The summed E-state index contributed by atoms with van der Waals surface area (Å²) in [5.74, 6) is -1.29. The molecule has 0 aromatic rings. The summed E-state index contributed by atoms with van der Waals surface area (Å²) in [6.45, 7) is 0.123. The normalized spacial score (nSPS) is 9.18. The number of amides is 1. The molecule has 0 atom stereocenters. The van der Waals surface area contributed by atoms with Gasteiger partial charge in [0, 0.05) is 13.5 Å². The van der Waals surface area contributed by atoms with Gasteiger partial charge >= 0.3 is 5.97 Å². The molecule has 5 nitrogen and oxygen atoms in total. The van der Waals surface area contributed by atoms with Crippen LogP contribution in [-0.4, -0.2) is 30.8 Å². The van der Waals surface area contributed by atoms with E-state index in [4.69, 9.17) is 5.11 Å². The van der Waals surface area contributed by atoms with Gasteiger partial charge in [0.15, 0.2) is 0 Å². The first kappa shape index (κ1) is 9.90. The van der Waals surface area contributed by atoms with Crippen molar-refractivity contribution >= 4 is 11.9 Å². The maximum atomic E-state index is 10.7. The second kappa shape index (κ2) is 5.67. The molecule has 2 N–H and O–H groups in total. The maximum absolute atomic E-state index is 10.7. The van der Waals surface area contributed by atoms with Gasteiger partial charge in [-0.05, 0) is 0 Å². The molecule has 0 bridgehead atoms. The smallest absolute Gasteiger partial charge is 0.303 e. The van der Waals surface area contributed by atoms with Crippen LogP contribution in [0.5, 0.6) is 0 Å². The molecule has 0 aliphatic rings. The quantitative estimate of drug-likeness (QED) is 0.536. The molecule has 0 radical (unpaired) electrons. The first-order chi connectivity index (χ1) is 5.16. The molecule has 0 aromatic carbocycles. The lowest BCUT2D eigenvalue weighted by Gasteiger charge is -2.00. The van der Waals surface area contributed by atoms with Crippen LogP contribution in [-0.2, 0) is 14.3 Å². The number of carbonyl (C=O) groups excluding carboxylic acids is 1. The van der Waals surface area contributed by atoms with Gasteiger partial charge in [-0.1, -0.05) is 0 Å². The van der Waals surface area contributed by atoms with Gasteiger partial charge in [-0.2, -0.15) is 0 Å². The summed E-state index contributed by atoms with van der Waals surface area (Å²) in [6, 6.07) is 0. The van der Waals surface area contributed by atoms with Gasteiger partial charge in [0.05, 0.1) is 6.42 Å². The van der Waals surface area contributed by atoms with E-state index in [1.165, 1.54) is 7.11 Å². The first-order valence-electron chi connectivity index (χ1n) is 3.14. The summed E-state index contributed by atoms with van der Waals surface area (Å²) < 4.78 is 4.54. The highest BCUT2D eigenvalue weighted by molar-refractivity contribution is 5.80. The van der Waals surface area contributed by atoms with E-state index in [0.717, 1.165) is 0 Å². The highest BCUT2D eigenvalue weighted by atomic mass is 16.5. The van der Waals surface area contributed by atoms with Crippen molar-refractivity contribution in [3.05, 3.63) is 0 Å². The maximum Gasteiger partial charge on any atom is 0.303 e. The summed E-state index contributed by atoms with van der Waals surface area (Å²) in [6.07, 6.45) is -0.145. The molecule has 0 rings (SSSR count). The van der Waals surface area contributed by atoms with E-state index in [1.54, 1.807) is 0 Å². The molecule has 1 amide bonds. The minimum Gasteiger partial charge on any atom is -0.481 e. The van der Waals surface area contributed by atoms with Crippen LogP contribution in [0.15, 0.2) is 0 Å². The molecule has 0 heterocycles. The SMILES string of the molecule is COCNC(=O)CCC(=O)O. The largest absolute Gasteiger partial charge is 0.481 e. The van der Waals surface area contributed by atoms with E-state index in [2.05, 4.69) is 10.1 Å². The van der Waals surface area contributed by atoms with Gasteiger partial charge < -0.3 is 15.2 Å². The molecular formula is C6H11NO4. The van der Waals surface area contributed by atoms with Crippen LogP contribution in [0.3, 0.4) is 0 Å². The molecule has 0 spiro atoms. The first-order valence-corrected chi connectivity index (χ1v) is 3.14. The van der Waals surface area contributed by atoms with Crippen LogP contribution in [0, 0.1) is 0 Å². The Bertz CT molecular complexity index is 146. The number of rotatable bonds is 5. The number of hydrogen-bond donors (Lipinski definition) is 2. The number of hydrogen-bond acceptors (Lipinski definition) is 3. The molecule has 0 saturated heterocycles. The summed E-state index contributed by atoms with van der Waals surface area (Å²) in [5, 5.41) is 10.5. The fraction of sp³-hybridized carbons (Fsp3) is 0.667. The molecule has 0 fully saturated rings. The number of ether oxygens (including phenoxy) is 1. The predicted octanol–water partition coefficient (Wildman–Crippen LogP) is -0.429. The molecule has 64 valence electrons. The summed E-state index contributed by atoms with van der Waals surface area (Å²) in [4.78, 5) is 20.6. The zero-order valence-corrected chi connectivity index (χ0v) is 6.29. The number of carboxylic acid groups (broad SMARTS) is 1. The van der Waals surface area contributed by atoms with E-state index in [0.29, 0.717) is 0 Å². The fourth-order valence-corrected chi connectivity index (χ4v) is 0.462. The van der Waals surface area contributed by atoms with Gasteiger partial charge in [-0.3, -0.25) is 9.59 Å². The number of nitrogens with one attached hydrogen (secondary N) is 1. The van der Waals surface area contributed by atoms with Crippen LogP contribution in [0.25, 0.3) is 0 Å². The highest BCUT2D eigenvalue weighted by Gasteiger charge is 2.03. The Labute approximate surface area is 64.3 Å². The minimum absolute atomic E-state index is 0.00130. The van der Waals surface area contributed by atoms with Crippen LogP contribution >= 0.6 is 0 Å². The van der Waals surface area contributed by atoms with Crippen molar-refractivity contribution in [2.24, 2.45) is 0 Å². The topological polar surface area (TPSA) is 75.6 Å². The lowest BCUT2D eigenvalue weighted by atomic mass is 10.3. The molecule has 11 heavy (non-hydrogen) atoms.